The van der Waals surface area contributed by atoms with E-state index < -0.39 is 11.3 Å². The van der Waals surface area contributed by atoms with Crippen LogP contribution >= 0.6 is 0 Å². The average molecular weight is 455 g/mol. The van der Waals surface area contributed by atoms with Crippen LogP contribution in [0.1, 0.15) is 49.8 Å². The number of rotatable bonds is 2. The summed E-state index contributed by atoms with van der Waals surface area (Å²) in [5, 5.41) is 12.4. The van der Waals surface area contributed by atoms with Gasteiger partial charge in [0.1, 0.15) is 5.75 Å². The van der Waals surface area contributed by atoms with Gasteiger partial charge in [-0.15, -0.1) is 0 Å². The molecule has 2 aliphatic heterocycles. The number of ether oxygens (including phenoxy) is 1. The number of fused-ring (bicyclic) bond motifs is 2. The third-order valence-electron chi connectivity index (χ3n) is 7.54. The Morgan fingerprint density at radius 2 is 1.74 bits per heavy atom. The second kappa shape index (κ2) is 8.01. The van der Waals surface area contributed by atoms with Crippen LogP contribution in [0.5, 0.6) is 5.75 Å². The fraction of sp³-hybridized carbons (Fsp3) is 0.310. The quantitative estimate of drug-likeness (QED) is 0.294. The smallest absolute Gasteiger partial charge is 0.283 e. The van der Waals surface area contributed by atoms with Crippen molar-refractivity contribution in [3.05, 3.63) is 112 Å². The molecule has 0 N–H and O–H groups in total. The third-order valence-corrected chi connectivity index (χ3v) is 7.54. The second-order valence-corrected chi connectivity index (χ2v) is 9.76. The Labute approximate surface area is 200 Å². The van der Waals surface area contributed by atoms with E-state index in [1.807, 2.05) is 36.4 Å². The molecule has 0 saturated carbocycles. The summed E-state index contributed by atoms with van der Waals surface area (Å²) >= 11 is 0. The lowest BCUT2D eigenvalue weighted by Crippen LogP contribution is -2.58. The van der Waals surface area contributed by atoms with Crippen molar-refractivity contribution in [2.45, 2.75) is 49.8 Å². The number of para-hydroxylation sites is 1. The van der Waals surface area contributed by atoms with Gasteiger partial charge >= 0.3 is 0 Å². The van der Waals surface area contributed by atoms with Crippen LogP contribution in [0, 0.1) is 10.1 Å². The van der Waals surface area contributed by atoms with Crippen molar-refractivity contribution in [3.63, 3.8) is 0 Å². The van der Waals surface area contributed by atoms with Crippen LogP contribution in [0.25, 0.3) is 6.08 Å². The summed E-state index contributed by atoms with van der Waals surface area (Å²) < 4.78 is 6.73. The molecule has 2 atom stereocenters. The first-order valence-electron chi connectivity index (χ1n) is 11.8. The van der Waals surface area contributed by atoms with E-state index in [4.69, 9.17) is 4.74 Å². The summed E-state index contributed by atoms with van der Waals surface area (Å²) in [6.07, 6.45) is 17.9. The van der Waals surface area contributed by atoms with Gasteiger partial charge in [0, 0.05) is 28.8 Å². The van der Waals surface area contributed by atoms with Crippen molar-refractivity contribution in [2.24, 2.45) is 0 Å². The molecule has 34 heavy (non-hydrogen) atoms. The number of anilines is 1. The van der Waals surface area contributed by atoms with Crippen molar-refractivity contribution in [3.8, 4) is 5.75 Å². The highest BCUT2D eigenvalue weighted by Crippen LogP contribution is 2.54. The molecule has 0 bridgehead atoms. The van der Waals surface area contributed by atoms with Gasteiger partial charge in [-0.05, 0) is 87.2 Å². The normalized spacial score (nSPS) is 29.6. The molecule has 5 heteroatoms. The van der Waals surface area contributed by atoms with E-state index in [1.54, 1.807) is 12.2 Å². The van der Waals surface area contributed by atoms with E-state index >= 15 is 0 Å². The maximum atomic E-state index is 12.4. The van der Waals surface area contributed by atoms with Gasteiger partial charge in [0.05, 0.1) is 5.41 Å². The number of nitro groups is 1. The maximum Gasteiger partial charge on any atom is 0.283 e. The van der Waals surface area contributed by atoms with Gasteiger partial charge in [0.2, 0.25) is 5.72 Å². The Balaban J connectivity index is 1.57. The monoisotopic (exact) mass is 454 g/mol. The highest BCUT2D eigenvalue weighted by molar-refractivity contribution is 5.72. The summed E-state index contributed by atoms with van der Waals surface area (Å²) in [6.45, 7) is 4.40. The molecule has 5 rings (SSSR count). The lowest BCUT2D eigenvalue weighted by atomic mass is 9.76. The molecule has 1 spiro atoms. The van der Waals surface area contributed by atoms with Gasteiger partial charge in [-0.1, -0.05) is 42.5 Å². The van der Waals surface area contributed by atoms with Crippen LogP contribution in [0.4, 0.5) is 5.69 Å². The van der Waals surface area contributed by atoms with E-state index in [9.17, 15) is 10.1 Å². The highest BCUT2D eigenvalue weighted by atomic mass is 16.6. The topological polar surface area (TPSA) is 55.6 Å². The van der Waals surface area contributed by atoms with Gasteiger partial charge in [0.15, 0.2) is 0 Å². The van der Waals surface area contributed by atoms with E-state index in [-0.39, 0.29) is 10.3 Å². The fourth-order valence-electron chi connectivity index (χ4n) is 5.50. The van der Waals surface area contributed by atoms with Crippen molar-refractivity contribution < 1.29 is 9.66 Å². The first-order valence-corrected chi connectivity index (χ1v) is 11.8. The molecule has 0 radical (unpaired) electrons. The van der Waals surface area contributed by atoms with Crippen molar-refractivity contribution in [2.75, 3.05) is 11.9 Å². The highest BCUT2D eigenvalue weighted by Gasteiger charge is 2.57. The van der Waals surface area contributed by atoms with Crippen molar-refractivity contribution in [1.82, 2.24) is 0 Å². The minimum Gasteiger partial charge on any atom is -0.463 e. The Kier molecular flexibility index (Phi) is 5.23. The number of hydrogen-bond donors (Lipinski definition) is 0. The second-order valence-electron chi connectivity index (χ2n) is 9.76. The molecule has 174 valence electrons. The molecular weight excluding hydrogens is 424 g/mol. The predicted molar refractivity (Wildman–Crippen MR) is 137 cm³/mol. The molecule has 2 unspecified atom stereocenters. The number of nitrogens with zero attached hydrogens (tertiary/aromatic N) is 2. The lowest BCUT2D eigenvalue weighted by Gasteiger charge is -2.45. The zero-order valence-electron chi connectivity index (χ0n) is 19.9. The average Bonchev–Trinajstić information content (AvgIpc) is 3.00. The van der Waals surface area contributed by atoms with Crippen LogP contribution < -0.4 is 9.64 Å². The largest absolute Gasteiger partial charge is 0.463 e. The standard InChI is InChI=1S/C29H30N2O3/c1-27(2)24-13-9-10-14-25(24)30(3)29(27)20-17-22-21-23(15-16-26(22)34-29)28(31(32)33)18-11-7-5-4-6-8-12-19-28/h4-5,9-21H,6-8H2,1-3H3/b5-4-,18-11-,19-12-. The molecule has 0 amide bonds. The Morgan fingerprint density at radius 3 is 2.53 bits per heavy atom. The maximum absolute atomic E-state index is 12.4. The fourth-order valence-corrected chi connectivity index (χ4v) is 5.50. The van der Waals surface area contributed by atoms with Crippen LogP contribution in [-0.4, -0.2) is 17.7 Å². The number of likely N-dealkylation sites (N-methyl/N-ethyl adjacent to an activating group) is 1. The Hall–Kier alpha value is -3.60. The van der Waals surface area contributed by atoms with E-state index in [1.165, 1.54) is 5.56 Å². The molecule has 2 heterocycles. The van der Waals surface area contributed by atoms with Crippen molar-refractivity contribution in [1.29, 1.82) is 0 Å². The van der Waals surface area contributed by atoms with Crippen LogP contribution in [-0.2, 0) is 11.0 Å². The van der Waals surface area contributed by atoms with Crippen LogP contribution in [0.15, 0.2) is 85.0 Å². The summed E-state index contributed by atoms with van der Waals surface area (Å²) in [6, 6.07) is 14.0. The minimum atomic E-state index is -1.40. The van der Waals surface area contributed by atoms with Gasteiger partial charge in [0.25, 0.3) is 5.54 Å². The molecule has 5 nitrogen and oxygen atoms in total. The molecule has 2 aromatic rings. The molecular formula is C29H30N2O3. The Morgan fingerprint density at radius 1 is 0.971 bits per heavy atom. The molecule has 0 saturated heterocycles. The van der Waals surface area contributed by atoms with E-state index in [2.05, 4.69) is 68.3 Å². The zero-order chi connectivity index (χ0) is 24.0. The van der Waals surface area contributed by atoms with Gasteiger partial charge < -0.3 is 9.64 Å². The van der Waals surface area contributed by atoms with Crippen LogP contribution in [0.3, 0.4) is 0 Å². The number of benzene rings is 2. The summed E-state index contributed by atoms with van der Waals surface area (Å²) in [5.41, 5.74) is 1.50. The molecule has 3 aliphatic rings. The zero-order valence-corrected chi connectivity index (χ0v) is 19.9. The van der Waals surface area contributed by atoms with Gasteiger partial charge in [-0.2, -0.15) is 0 Å². The van der Waals surface area contributed by atoms with E-state index in [0.29, 0.717) is 12.0 Å². The SMILES string of the molecule is CN1c2ccccc2C(C)(C)C12C=Cc1cc(C3([N+](=O)[O-])/C=C\C/C=C\CC/C=C\3)ccc1O2. The first kappa shape index (κ1) is 22.2. The molecule has 0 aromatic heterocycles. The van der Waals surface area contributed by atoms with Crippen LogP contribution in [0.2, 0.25) is 0 Å². The van der Waals surface area contributed by atoms with Gasteiger partial charge in [-0.3, -0.25) is 10.1 Å². The predicted octanol–water partition coefficient (Wildman–Crippen LogP) is 6.54. The third kappa shape index (κ3) is 3.14. The number of allylic oxidation sites excluding steroid dienone is 4. The summed E-state index contributed by atoms with van der Waals surface area (Å²) in [7, 11) is 2.06. The molecule has 1 aliphatic carbocycles. The molecule has 2 aromatic carbocycles. The van der Waals surface area contributed by atoms with E-state index in [0.717, 1.165) is 29.8 Å². The summed E-state index contributed by atoms with van der Waals surface area (Å²) in [5.74, 6) is 0.730. The van der Waals surface area contributed by atoms with Gasteiger partial charge in [-0.25, -0.2) is 0 Å². The number of hydrogen-bond acceptors (Lipinski definition) is 4. The summed E-state index contributed by atoms with van der Waals surface area (Å²) in [4.78, 5) is 14.4. The van der Waals surface area contributed by atoms with Crippen molar-refractivity contribution >= 4 is 11.8 Å². The molecule has 0 fully saturated rings. The Bertz CT molecular complexity index is 1260. The minimum absolute atomic E-state index is 0.202. The lowest BCUT2D eigenvalue weighted by molar-refractivity contribution is -0.548. The first-order chi connectivity index (χ1) is 16.3.